The smallest absolute Gasteiger partial charge is 0.237 e. The van der Waals surface area contributed by atoms with Gasteiger partial charge in [0.1, 0.15) is 11.6 Å². The van der Waals surface area contributed by atoms with E-state index in [4.69, 9.17) is 4.52 Å². The Bertz CT molecular complexity index is 636. The van der Waals surface area contributed by atoms with Gasteiger partial charge in [0, 0.05) is 12.0 Å². The second kappa shape index (κ2) is 4.57. The van der Waals surface area contributed by atoms with E-state index in [-0.39, 0.29) is 17.5 Å². The van der Waals surface area contributed by atoms with Gasteiger partial charge in [0.2, 0.25) is 11.7 Å². The lowest BCUT2D eigenvalue weighted by Crippen LogP contribution is -2.04. The Morgan fingerprint density at radius 1 is 1.42 bits per heavy atom. The Labute approximate surface area is 109 Å². The fourth-order valence-electron chi connectivity index (χ4n) is 2.35. The maximum Gasteiger partial charge on any atom is 0.237 e. The highest BCUT2D eigenvalue weighted by Crippen LogP contribution is 2.31. The second-order valence-corrected chi connectivity index (χ2v) is 4.83. The molecule has 4 nitrogen and oxygen atoms in total. The van der Waals surface area contributed by atoms with Crippen LogP contribution >= 0.6 is 0 Å². The van der Waals surface area contributed by atoms with Crippen LogP contribution in [0.5, 0.6) is 0 Å². The molecule has 5 heteroatoms. The van der Waals surface area contributed by atoms with Crippen LogP contribution in [0.3, 0.4) is 0 Å². The van der Waals surface area contributed by atoms with Gasteiger partial charge in [0.15, 0.2) is 0 Å². The summed E-state index contributed by atoms with van der Waals surface area (Å²) in [6.07, 6.45) is 2.22. The van der Waals surface area contributed by atoms with Crippen molar-refractivity contribution in [2.45, 2.75) is 32.1 Å². The van der Waals surface area contributed by atoms with Gasteiger partial charge in [-0.3, -0.25) is 4.79 Å². The largest absolute Gasteiger partial charge is 0.338 e. The van der Waals surface area contributed by atoms with E-state index >= 15 is 0 Å². The topological polar surface area (TPSA) is 56.0 Å². The zero-order chi connectivity index (χ0) is 13.4. The average molecular weight is 260 g/mol. The summed E-state index contributed by atoms with van der Waals surface area (Å²) >= 11 is 0. The molecule has 0 amide bonds. The van der Waals surface area contributed by atoms with Gasteiger partial charge in [0.05, 0.1) is 5.92 Å². The van der Waals surface area contributed by atoms with Crippen LogP contribution < -0.4 is 0 Å². The van der Waals surface area contributed by atoms with E-state index in [2.05, 4.69) is 10.1 Å². The number of aryl methyl sites for hydroxylation is 1. The van der Waals surface area contributed by atoms with Crippen molar-refractivity contribution in [3.05, 3.63) is 35.5 Å². The molecule has 1 saturated carbocycles. The highest BCUT2D eigenvalue weighted by atomic mass is 19.1. The Kier molecular flexibility index (Phi) is 2.89. The molecule has 0 aliphatic heterocycles. The zero-order valence-corrected chi connectivity index (χ0v) is 10.5. The van der Waals surface area contributed by atoms with E-state index < -0.39 is 0 Å². The van der Waals surface area contributed by atoms with Crippen LogP contribution in [-0.4, -0.2) is 15.9 Å². The number of hydrogen-bond acceptors (Lipinski definition) is 4. The molecule has 1 aromatic carbocycles. The highest BCUT2D eigenvalue weighted by Gasteiger charge is 2.31. The van der Waals surface area contributed by atoms with Gasteiger partial charge >= 0.3 is 0 Å². The summed E-state index contributed by atoms with van der Waals surface area (Å²) < 4.78 is 18.4. The predicted octanol–water partition coefficient (Wildman–Crippen LogP) is 3.02. The molecule has 19 heavy (non-hydrogen) atoms. The van der Waals surface area contributed by atoms with E-state index in [1.54, 1.807) is 19.1 Å². The number of benzene rings is 1. The number of hydrogen-bond donors (Lipinski definition) is 0. The van der Waals surface area contributed by atoms with Gasteiger partial charge in [-0.25, -0.2) is 4.39 Å². The van der Waals surface area contributed by atoms with Gasteiger partial charge in [-0.15, -0.1) is 0 Å². The minimum Gasteiger partial charge on any atom is -0.338 e. The van der Waals surface area contributed by atoms with Crippen molar-refractivity contribution in [3.63, 3.8) is 0 Å². The first-order valence-electron chi connectivity index (χ1n) is 6.28. The molecule has 1 fully saturated rings. The molecule has 1 atom stereocenters. The highest BCUT2D eigenvalue weighted by molar-refractivity contribution is 5.86. The predicted molar refractivity (Wildman–Crippen MR) is 66.0 cm³/mol. The van der Waals surface area contributed by atoms with Gasteiger partial charge < -0.3 is 4.52 Å². The lowest BCUT2D eigenvalue weighted by molar-refractivity contribution is -0.119. The van der Waals surface area contributed by atoms with Crippen molar-refractivity contribution in [1.82, 2.24) is 10.1 Å². The van der Waals surface area contributed by atoms with Gasteiger partial charge in [0.25, 0.3) is 0 Å². The molecule has 1 aliphatic rings. The van der Waals surface area contributed by atoms with Crippen molar-refractivity contribution >= 4 is 5.78 Å². The first-order valence-corrected chi connectivity index (χ1v) is 6.28. The average Bonchev–Trinajstić information content (AvgIpc) is 3.01. The number of nitrogens with zero attached hydrogens (tertiary/aromatic N) is 2. The first-order chi connectivity index (χ1) is 9.15. The van der Waals surface area contributed by atoms with Crippen LogP contribution in [0.15, 0.2) is 22.7 Å². The molecule has 0 N–H and O–H groups in total. The Morgan fingerprint density at radius 2 is 2.26 bits per heavy atom. The van der Waals surface area contributed by atoms with Gasteiger partial charge in [-0.05, 0) is 43.5 Å². The molecule has 2 aromatic rings. The Morgan fingerprint density at radius 3 is 2.95 bits per heavy atom. The molecule has 1 aliphatic carbocycles. The number of rotatable bonds is 2. The molecule has 1 heterocycles. The maximum absolute atomic E-state index is 13.2. The zero-order valence-electron chi connectivity index (χ0n) is 10.5. The number of carbonyl (C=O) groups excluding carboxylic acids is 1. The van der Waals surface area contributed by atoms with Crippen LogP contribution in [0.25, 0.3) is 11.4 Å². The Balaban J connectivity index is 1.92. The fourth-order valence-corrected chi connectivity index (χ4v) is 2.35. The number of carbonyl (C=O) groups is 1. The molecule has 1 unspecified atom stereocenters. The van der Waals surface area contributed by atoms with Crippen LogP contribution in [0.1, 0.15) is 36.6 Å². The molecule has 0 saturated heterocycles. The summed E-state index contributed by atoms with van der Waals surface area (Å²) in [5.41, 5.74) is 1.22. The third-order valence-corrected chi connectivity index (χ3v) is 3.46. The Hall–Kier alpha value is -2.04. The minimum atomic E-state index is -0.265. The summed E-state index contributed by atoms with van der Waals surface area (Å²) in [5, 5.41) is 3.88. The fraction of sp³-hybridized carbons (Fsp3) is 0.357. The minimum absolute atomic E-state index is 0.158. The third-order valence-electron chi connectivity index (χ3n) is 3.46. The lowest BCUT2D eigenvalue weighted by atomic mass is 10.1. The van der Waals surface area contributed by atoms with Crippen molar-refractivity contribution in [2.75, 3.05) is 0 Å². The van der Waals surface area contributed by atoms with E-state index in [9.17, 15) is 9.18 Å². The number of Topliss-reactive ketones (excluding diaryl/α,β-unsaturated/α-hetero) is 1. The van der Waals surface area contributed by atoms with E-state index in [0.717, 1.165) is 12.8 Å². The lowest BCUT2D eigenvalue weighted by Gasteiger charge is -1.99. The van der Waals surface area contributed by atoms with Crippen LogP contribution in [0.4, 0.5) is 4.39 Å². The molecule has 0 bridgehead atoms. The van der Waals surface area contributed by atoms with Crippen molar-refractivity contribution in [1.29, 1.82) is 0 Å². The molecule has 0 spiro atoms. The normalized spacial score (nSPS) is 19.1. The first kappa shape index (κ1) is 12.0. The quantitative estimate of drug-likeness (QED) is 0.832. The maximum atomic E-state index is 13.2. The van der Waals surface area contributed by atoms with Crippen molar-refractivity contribution < 1.29 is 13.7 Å². The second-order valence-electron chi connectivity index (χ2n) is 4.83. The summed E-state index contributed by atoms with van der Waals surface area (Å²) in [6, 6.07) is 4.65. The molecule has 0 radical (unpaired) electrons. The summed E-state index contributed by atoms with van der Waals surface area (Å²) in [4.78, 5) is 15.9. The van der Waals surface area contributed by atoms with Crippen LogP contribution in [0.2, 0.25) is 0 Å². The number of aromatic nitrogens is 2. The van der Waals surface area contributed by atoms with E-state index in [1.807, 2.05) is 0 Å². The SMILES string of the molecule is Cc1cc(-c2noc(C3CCCC3=O)n2)ccc1F. The van der Waals surface area contributed by atoms with Crippen LogP contribution in [-0.2, 0) is 4.79 Å². The van der Waals surface area contributed by atoms with Gasteiger partial charge in [-0.2, -0.15) is 4.98 Å². The third kappa shape index (κ3) is 2.16. The molecule has 1 aromatic heterocycles. The molecular formula is C14H13FN2O2. The molecular weight excluding hydrogens is 247 g/mol. The van der Waals surface area contributed by atoms with Crippen LogP contribution in [0, 0.1) is 12.7 Å². The van der Waals surface area contributed by atoms with E-state index in [0.29, 0.717) is 29.3 Å². The number of halogens is 1. The summed E-state index contributed by atoms with van der Waals surface area (Å²) in [5.74, 6) is 0.406. The molecule has 98 valence electrons. The van der Waals surface area contributed by atoms with Crippen molar-refractivity contribution in [2.24, 2.45) is 0 Å². The van der Waals surface area contributed by atoms with E-state index in [1.165, 1.54) is 6.07 Å². The summed E-state index contributed by atoms with van der Waals surface area (Å²) in [6.45, 7) is 1.68. The molecule has 3 rings (SSSR count). The standard InChI is InChI=1S/C14H13FN2O2/c1-8-7-9(5-6-11(8)15)13-16-14(19-17-13)10-3-2-4-12(10)18/h5-7,10H,2-4H2,1H3. The monoisotopic (exact) mass is 260 g/mol. The summed E-state index contributed by atoms with van der Waals surface area (Å²) in [7, 11) is 0. The van der Waals surface area contributed by atoms with Gasteiger partial charge in [-0.1, -0.05) is 5.16 Å². The van der Waals surface area contributed by atoms with Crippen molar-refractivity contribution in [3.8, 4) is 11.4 Å². The number of ketones is 1.